The first-order valence-electron chi connectivity index (χ1n) is 9.86. The molecule has 0 saturated carbocycles. The van der Waals surface area contributed by atoms with Gasteiger partial charge in [-0.2, -0.15) is 4.52 Å². The van der Waals surface area contributed by atoms with E-state index in [1.54, 1.807) is 25.3 Å². The van der Waals surface area contributed by atoms with Crippen molar-refractivity contribution in [3.63, 3.8) is 0 Å². The van der Waals surface area contributed by atoms with E-state index in [-0.39, 0.29) is 12.3 Å². The van der Waals surface area contributed by atoms with Crippen LogP contribution in [-0.2, 0) is 6.54 Å². The van der Waals surface area contributed by atoms with Crippen LogP contribution in [0.5, 0.6) is 5.75 Å². The SMILES string of the molecule is COc1cccc(-c2nc3c4ccccc4n(CC(=O)c4ccc(F)cc4)c(=O)n3n2)c1. The summed E-state index contributed by atoms with van der Waals surface area (Å²) in [6.45, 7) is -0.213. The largest absolute Gasteiger partial charge is 0.497 e. The smallest absolute Gasteiger partial charge is 0.351 e. The van der Waals surface area contributed by atoms with Crippen molar-refractivity contribution in [1.29, 1.82) is 0 Å². The predicted molar refractivity (Wildman–Crippen MR) is 117 cm³/mol. The van der Waals surface area contributed by atoms with Crippen LogP contribution in [0.15, 0.2) is 77.6 Å². The van der Waals surface area contributed by atoms with Gasteiger partial charge in [0, 0.05) is 16.5 Å². The van der Waals surface area contributed by atoms with Gasteiger partial charge in [0.15, 0.2) is 17.3 Å². The van der Waals surface area contributed by atoms with Crippen LogP contribution in [-0.4, -0.2) is 32.1 Å². The zero-order chi connectivity index (χ0) is 22.2. The number of benzene rings is 3. The maximum Gasteiger partial charge on any atom is 0.351 e. The fourth-order valence-corrected chi connectivity index (χ4v) is 3.64. The van der Waals surface area contributed by atoms with Gasteiger partial charge in [0.25, 0.3) is 0 Å². The Hall–Kier alpha value is -4.33. The highest BCUT2D eigenvalue weighted by Gasteiger charge is 2.18. The number of hydrogen-bond donors (Lipinski definition) is 0. The number of para-hydroxylation sites is 1. The van der Waals surface area contributed by atoms with Gasteiger partial charge in [0.05, 0.1) is 19.2 Å². The Morgan fingerprint density at radius 2 is 1.81 bits per heavy atom. The summed E-state index contributed by atoms with van der Waals surface area (Å²) < 4.78 is 21.1. The molecule has 2 aromatic heterocycles. The van der Waals surface area contributed by atoms with Gasteiger partial charge in [-0.05, 0) is 48.5 Å². The van der Waals surface area contributed by atoms with Gasteiger partial charge in [0.1, 0.15) is 11.6 Å². The quantitative estimate of drug-likeness (QED) is 0.399. The van der Waals surface area contributed by atoms with Crippen LogP contribution >= 0.6 is 0 Å². The number of nitrogens with zero attached hydrogens (tertiary/aromatic N) is 4. The minimum Gasteiger partial charge on any atom is -0.497 e. The van der Waals surface area contributed by atoms with Crippen molar-refractivity contribution in [2.75, 3.05) is 7.11 Å². The fraction of sp³-hybridized carbons (Fsp3) is 0.0833. The van der Waals surface area contributed by atoms with Gasteiger partial charge in [-0.15, -0.1) is 5.10 Å². The molecule has 158 valence electrons. The van der Waals surface area contributed by atoms with E-state index in [1.807, 2.05) is 30.3 Å². The predicted octanol–water partition coefficient (Wildman–Crippen LogP) is 3.74. The van der Waals surface area contributed by atoms with E-state index < -0.39 is 11.5 Å². The van der Waals surface area contributed by atoms with Crippen LogP contribution in [0.25, 0.3) is 27.9 Å². The standard InChI is InChI=1S/C24H17FN4O3/c1-32-18-6-4-5-16(13-18)22-26-23-19-7-2-3-8-20(19)28(24(31)29(23)27-22)14-21(30)15-9-11-17(25)12-10-15/h2-13H,14H2,1H3. The second-order valence-electron chi connectivity index (χ2n) is 7.22. The first-order valence-corrected chi connectivity index (χ1v) is 9.86. The Kier molecular flexibility index (Phi) is 4.74. The van der Waals surface area contributed by atoms with Gasteiger partial charge in [0.2, 0.25) is 0 Å². The van der Waals surface area contributed by atoms with Crippen LogP contribution in [0.3, 0.4) is 0 Å². The number of rotatable bonds is 5. The lowest BCUT2D eigenvalue weighted by molar-refractivity contribution is 0.0971. The molecule has 5 aromatic rings. The zero-order valence-corrected chi connectivity index (χ0v) is 17.0. The third kappa shape index (κ3) is 3.31. The van der Waals surface area contributed by atoms with Crippen LogP contribution in [0.4, 0.5) is 4.39 Å². The number of aromatic nitrogens is 4. The monoisotopic (exact) mass is 428 g/mol. The molecule has 0 saturated heterocycles. The average Bonchev–Trinajstić information content (AvgIpc) is 3.28. The van der Waals surface area contributed by atoms with Gasteiger partial charge in [-0.1, -0.05) is 24.3 Å². The van der Waals surface area contributed by atoms with E-state index in [4.69, 9.17) is 4.74 Å². The Labute approximate surface area is 181 Å². The van der Waals surface area contributed by atoms with Crippen molar-refractivity contribution in [2.24, 2.45) is 0 Å². The van der Waals surface area contributed by atoms with E-state index in [9.17, 15) is 14.0 Å². The highest BCUT2D eigenvalue weighted by Crippen LogP contribution is 2.24. The lowest BCUT2D eigenvalue weighted by Crippen LogP contribution is -2.30. The summed E-state index contributed by atoms with van der Waals surface area (Å²) in [5, 5.41) is 5.10. The number of carbonyl (C=O) groups excluding carboxylic acids is 1. The van der Waals surface area contributed by atoms with Crippen molar-refractivity contribution in [1.82, 2.24) is 19.2 Å². The summed E-state index contributed by atoms with van der Waals surface area (Å²) >= 11 is 0. The molecule has 5 rings (SSSR count). The van der Waals surface area contributed by atoms with E-state index in [2.05, 4.69) is 10.1 Å². The topological polar surface area (TPSA) is 78.5 Å². The number of hydrogen-bond acceptors (Lipinski definition) is 5. The van der Waals surface area contributed by atoms with Gasteiger partial charge < -0.3 is 4.74 Å². The van der Waals surface area contributed by atoms with Crippen LogP contribution in [0.2, 0.25) is 0 Å². The molecule has 0 spiro atoms. The van der Waals surface area contributed by atoms with Gasteiger partial charge in [-0.25, -0.2) is 14.2 Å². The fourth-order valence-electron chi connectivity index (χ4n) is 3.64. The number of fused-ring (bicyclic) bond motifs is 3. The summed E-state index contributed by atoms with van der Waals surface area (Å²) in [5.41, 5.74) is 1.48. The molecule has 0 N–H and O–H groups in total. The third-order valence-corrected chi connectivity index (χ3v) is 5.25. The Morgan fingerprint density at radius 1 is 1.03 bits per heavy atom. The summed E-state index contributed by atoms with van der Waals surface area (Å²) in [4.78, 5) is 30.7. The molecule has 0 aliphatic carbocycles. The van der Waals surface area contributed by atoms with E-state index in [0.29, 0.717) is 39.3 Å². The molecule has 0 radical (unpaired) electrons. The van der Waals surface area contributed by atoms with Crippen molar-refractivity contribution < 1.29 is 13.9 Å². The highest BCUT2D eigenvalue weighted by molar-refractivity contribution is 5.98. The van der Waals surface area contributed by atoms with Crippen molar-refractivity contribution in [3.05, 3.63) is 94.7 Å². The summed E-state index contributed by atoms with van der Waals surface area (Å²) in [6, 6.07) is 19.7. The van der Waals surface area contributed by atoms with Crippen LogP contribution < -0.4 is 10.4 Å². The molecule has 0 aliphatic rings. The van der Waals surface area contributed by atoms with Crippen molar-refractivity contribution in [3.8, 4) is 17.1 Å². The molecular formula is C24H17FN4O3. The highest BCUT2D eigenvalue weighted by atomic mass is 19.1. The Bertz CT molecular complexity index is 1540. The van der Waals surface area contributed by atoms with Gasteiger partial charge >= 0.3 is 5.69 Å². The first kappa shape index (κ1) is 19.6. The first-order chi connectivity index (χ1) is 15.5. The second-order valence-corrected chi connectivity index (χ2v) is 7.22. The van der Waals surface area contributed by atoms with Crippen LogP contribution in [0, 0.1) is 5.82 Å². The maximum atomic E-state index is 13.3. The number of carbonyl (C=O) groups is 1. The molecule has 8 heteroatoms. The van der Waals surface area contributed by atoms with E-state index in [0.717, 1.165) is 0 Å². The summed E-state index contributed by atoms with van der Waals surface area (Å²) in [6.07, 6.45) is 0. The molecule has 0 fully saturated rings. The molecule has 0 atom stereocenters. The number of Topliss-reactive ketones (excluding diaryl/α,β-unsaturated/α-hetero) is 1. The molecule has 32 heavy (non-hydrogen) atoms. The Balaban J connectivity index is 1.68. The molecular weight excluding hydrogens is 411 g/mol. The third-order valence-electron chi connectivity index (χ3n) is 5.25. The lowest BCUT2D eigenvalue weighted by atomic mass is 10.1. The molecule has 0 aliphatic heterocycles. The molecule has 7 nitrogen and oxygen atoms in total. The van der Waals surface area contributed by atoms with E-state index >= 15 is 0 Å². The van der Waals surface area contributed by atoms with Crippen LogP contribution in [0.1, 0.15) is 10.4 Å². The van der Waals surface area contributed by atoms with E-state index in [1.165, 1.54) is 33.3 Å². The zero-order valence-electron chi connectivity index (χ0n) is 17.0. The molecule has 2 heterocycles. The van der Waals surface area contributed by atoms with Gasteiger partial charge in [-0.3, -0.25) is 9.36 Å². The molecule has 0 amide bonds. The average molecular weight is 428 g/mol. The molecule has 3 aromatic carbocycles. The maximum absolute atomic E-state index is 13.3. The van der Waals surface area contributed by atoms with Crippen molar-refractivity contribution >= 4 is 22.3 Å². The second kappa shape index (κ2) is 7.73. The number of ether oxygens (including phenoxy) is 1. The minimum absolute atomic E-state index is 0.213. The minimum atomic E-state index is -0.490. The molecule has 0 unspecified atom stereocenters. The Morgan fingerprint density at radius 3 is 2.59 bits per heavy atom. The number of halogens is 1. The normalized spacial score (nSPS) is 11.2. The summed E-state index contributed by atoms with van der Waals surface area (Å²) in [7, 11) is 1.57. The number of ketones is 1. The van der Waals surface area contributed by atoms with Crippen molar-refractivity contribution in [2.45, 2.75) is 6.54 Å². The summed E-state index contributed by atoms with van der Waals surface area (Å²) in [5.74, 6) is 0.269. The molecule has 0 bridgehead atoms. The lowest BCUT2D eigenvalue weighted by Gasteiger charge is -2.10. The number of methoxy groups -OCH3 is 1.